The van der Waals surface area contributed by atoms with Gasteiger partial charge in [0.25, 0.3) is 0 Å². The fourth-order valence-electron chi connectivity index (χ4n) is 3.92. The molecular weight excluding hydrogens is 238 g/mol. The van der Waals surface area contributed by atoms with Crippen LogP contribution in [-0.2, 0) is 4.74 Å². The molecule has 0 aromatic rings. The number of aliphatic hydroxyl groups excluding tert-OH is 1. The fraction of sp³-hybridized carbons (Fsp3) is 1.00. The summed E-state index contributed by atoms with van der Waals surface area (Å²) in [7, 11) is 1.82. The van der Waals surface area contributed by atoms with Gasteiger partial charge in [0.2, 0.25) is 0 Å². The molecule has 0 spiro atoms. The fourth-order valence-corrected chi connectivity index (χ4v) is 3.92. The number of ether oxygens (including phenoxy) is 1. The van der Waals surface area contributed by atoms with E-state index in [9.17, 15) is 5.11 Å². The lowest BCUT2D eigenvalue weighted by Crippen LogP contribution is -2.51. The Morgan fingerprint density at radius 3 is 2.63 bits per heavy atom. The third kappa shape index (κ3) is 3.50. The lowest BCUT2D eigenvalue weighted by atomic mass is 9.69. The second-order valence-corrected chi connectivity index (χ2v) is 7.58. The molecule has 0 aromatic carbocycles. The molecule has 1 aliphatic carbocycles. The maximum absolute atomic E-state index is 10.6. The van der Waals surface area contributed by atoms with Crippen molar-refractivity contribution in [3.63, 3.8) is 0 Å². The van der Waals surface area contributed by atoms with Gasteiger partial charge in [-0.05, 0) is 50.5 Å². The highest BCUT2D eigenvalue weighted by Crippen LogP contribution is 2.39. The molecule has 3 nitrogen and oxygen atoms in total. The van der Waals surface area contributed by atoms with Crippen LogP contribution < -0.4 is 0 Å². The summed E-state index contributed by atoms with van der Waals surface area (Å²) in [6.07, 6.45) is 5.78. The number of nitrogens with zero attached hydrogens (tertiary/aromatic N) is 1. The first-order valence-corrected chi connectivity index (χ1v) is 7.82. The zero-order valence-corrected chi connectivity index (χ0v) is 13.1. The molecule has 1 aliphatic heterocycles. The molecule has 3 heteroatoms. The SMILES string of the molecule is COC1(C)CCCN(CC2CCCC(C)(C)C2O)C1. The van der Waals surface area contributed by atoms with Gasteiger partial charge in [-0.25, -0.2) is 0 Å². The monoisotopic (exact) mass is 269 g/mol. The van der Waals surface area contributed by atoms with Crippen molar-refractivity contribution in [2.24, 2.45) is 11.3 Å². The minimum atomic E-state index is -0.156. The first-order chi connectivity index (χ1) is 8.86. The number of likely N-dealkylation sites (tertiary alicyclic amines) is 1. The molecule has 0 amide bonds. The summed E-state index contributed by atoms with van der Waals surface area (Å²) in [6, 6.07) is 0. The Morgan fingerprint density at radius 2 is 1.95 bits per heavy atom. The molecular formula is C16H31NO2. The Balaban J connectivity index is 1.93. The summed E-state index contributed by atoms with van der Waals surface area (Å²) in [5.74, 6) is 0.433. The van der Waals surface area contributed by atoms with E-state index >= 15 is 0 Å². The van der Waals surface area contributed by atoms with Crippen molar-refractivity contribution in [2.75, 3.05) is 26.7 Å². The van der Waals surface area contributed by atoms with E-state index < -0.39 is 0 Å². The zero-order chi connectivity index (χ0) is 14.1. The van der Waals surface area contributed by atoms with Crippen LogP contribution in [0.1, 0.15) is 52.9 Å². The topological polar surface area (TPSA) is 32.7 Å². The van der Waals surface area contributed by atoms with Crippen LogP contribution in [0.15, 0.2) is 0 Å². The summed E-state index contributed by atoms with van der Waals surface area (Å²) in [5, 5.41) is 10.6. The summed E-state index contributed by atoms with van der Waals surface area (Å²) in [5.41, 5.74) is 0.0939. The van der Waals surface area contributed by atoms with Gasteiger partial charge in [0.05, 0.1) is 11.7 Å². The number of aliphatic hydroxyl groups is 1. The zero-order valence-electron chi connectivity index (χ0n) is 13.1. The largest absolute Gasteiger partial charge is 0.392 e. The van der Waals surface area contributed by atoms with Gasteiger partial charge in [-0.3, -0.25) is 0 Å². The number of rotatable bonds is 3. The van der Waals surface area contributed by atoms with Crippen LogP contribution in [0.4, 0.5) is 0 Å². The van der Waals surface area contributed by atoms with Gasteiger partial charge in [0, 0.05) is 20.2 Å². The molecule has 19 heavy (non-hydrogen) atoms. The highest BCUT2D eigenvalue weighted by Gasteiger charge is 2.39. The molecule has 1 saturated carbocycles. The maximum Gasteiger partial charge on any atom is 0.0777 e. The molecule has 2 rings (SSSR count). The third-order valence-corrected chi connectivity index (χ3v) is 5.37. The molecule has 1 heterocycles. The van der Waals surface area contributed by atoms with Crippen molar-refractivity contribution in [2.45, 2.75) is 64.6 Å². The van der Waals surface area contributed by atoms with Crippen LogP contribution in [0, 0.1) is 11.3 Å². The van der Waals surface area contributed by atoms with E-state index in [-0.39, 0.29) is 17.1 Å². The molecule has 112 valence electrons. The molecule has 3 atom stereocenters. The average molecular weight is 269 g/mol. The Morgan fingerprint density at radius 1 is 1.21 bits per heavy atom. The van der Waals surface area contributed by atoms with Crippen molar-refractivity contribution in [1.82, 2.24) is 4.90 Å². The van der Waals surface area contributed by atoms with Gasteiger partial charge in [-0.15, -0.1) is 0 Å². The first-order valence-electron chi connectivity index (χ1n) is 7.82. The highest BCUT2D eigenvalue weighted by atomic mass is 16.5. The van der Waals surface area contributed by atoms with Crippen molar-refractivity contribution >= 4 is 0 Å². The third-order valence-electron chi connectivity index (χ3n) is 5.37. The van der Waals surface area contributed by atoms with Crippen LogP contribution in [0.3, 0.4) is 0 Å². The maximum atomic E-state index is 10.6. The van der Waals surface area contributed by atoms with Crippen molar-refractivity contribution in [3.8, 4) is 0 Å². The second-order valence-electron chi connectivity index (χ2n) is 7.58. The molecule has 0 bridgehead atoms. The first kappa shape index (κ1) is 15.3. The normalized spacial score (nSPS) is 40.3. The molecule has 0 radical (unpaired) electrons. The smallest absolute Gasteiger partial charge is 0.0777 e. The van der Waals surface area contributed by atoms with E-state index in [4.69, 9.17) is 4.74 Å². The van der Waals surface area contributed by atoms with E-state index in [1.807, 2.05) is 7.11 Å². The van der Waals surface area contributed by atoms with E-state index in [0.29, 0.717) is 5.92 Å². The van der Waals surface area contributed by atoms with Gasteiger partial charge in [0.1, 0.15) is 0 Å². The van der Waals surface area contributed by atoms with Gasteiger partial charge < -0.3 is 14.7 Å². The van der Waals surface area contributed by atoms with E-state index in [1.165, 1.54) is 19.3 Å². The van der Waals surface area contributed by atoms with Crippen LogP contribution in [0.2, 0.25) is 0 Å². The standard InChI is InChI=1S/C16H31NO2/c1-15(2)8-5-7-13(14(15)18)11-17-10-6-9-16(3,12-17)19-4/h13-14,18H,5-12H2,1-4H3. The Labute approximate surface area is 118 Å². The van der Waals surface area contributed by atoms with Crippen molar-refractivity contribution in [3.05, 3.63) is 0 Å². The van der Waals surface area contributed by atoms with E-state index in [0.717, 1.165) is 32.5 Å². The quantitative estimate of drug-likeness (QED) is 0.855. The molecule has 1 N–H and O–H groups in total. The van der Waals surface area contributed by atoms with E-state index in [2.05, 4.69) is 25.7 Å². The van der Waals surface area contributed by atoms with Crippen molar-refractivity contribution < 1.29 is 9.84 Å². The van der Waals surface area contributed by atoms with Crippen LogP contribution in [-0.4, -0.2) is 48.5 Å². The predicted molar refractivity (Wildman–Crippen MR) is 78.2 cm³/mol. The Kier molecular flexibility index (Phi) is 4.59. The lowest BCUT2D eigenvalue weighted by molar-refractivity contribution is -0.0768. The van der Waals surface area contributed by atoms with Crippen molar-refractivity contribution in [1.29, 1.82) is 0 Å². The number of piperidine rings is 1. The van der Waals surface area contributed by atoms with E-state index in [1.54, 1.807) is 0 Å². The minimum absolute atomic E-state index is 0.00733. The van der Waals surface area contributed by atoms with Gasteiger partial charge in [0.15, 0.2) is 0 Å². The second kappa shape index (κ2) is 5.71. The van der Waals surface area contributed by atoms with Crippen LogP contribution in [0.5, 0.6) is 0 Å². The van der Waals surface area contributed by atoms with Gasteiger partial charge >= 0.3 is 0 Å². The molecule has 2 fully saturated rings. The summed E-state index contributed by atoms with van der Waals surface area (Å²) < 4.78 is 5.66. The Bertz CT molecular complexity index is 305. The predicted octanol–water partition coefficient (Wildman–Crippen LogP) is 2.67. The molecule has 1 saturated heterocycles. The summed E-state index contributed by atoms with van der Waals surface area (Å²) in [6.45, 7) is 9.82. The van der Waals surface area contributed by atoms with Gasteiger partial charge in [-0.1, -0.05) is 20.3 Å². The van der Waals surface area contributed by atoms with Crippen LogP contribution >= 0.6 is 0 Å². The number of hydrogen-bond acceptors (Lipinski definition) is 3. The number of hydrogen-bond donors (Lipinski definition) is 1. The van der Waals surface area contributed by atoms with Gasteiger partial charge in [-0.2, -0.15) is 0 Å². The summed E-state index contributed by atoms with van der Waals surface area (Å²) in [4.78, 5) is 2.50. The molecule has 0 aromatic heterocycles. The molecule has 3 unspecified atom stereocenters. The molecule has 2 aliphatic rings. The average Bonchev–Trinajstić information content (AvgIpc) is 2.35. The Hall–Kier alpha value is -0.120. The highest BCUT2D eigenvalue weighted by molar-refractivity contribution is 4.91. The minimum Gasteiger partial charge on any atom is -0.392 e. The van der Waals surface area contributed by atoms with Crippen LogP contribution in [0.25, 0.3) is 0 Å². The lowest BCUT2D eigenvalue weighted by Gasteiger charge is -2.45. The number of methoxy groups -OCH3 is 1. The summed E-state index contributed by atoms with van der Waals surface area (Å²) >= 11 is 0.